The maximum atomic E-state index is 5.71. The second kappa shape index (κ2) is 6.75. The third kappa shape index (κ3) is 3.59. The number of hydrogen-bond acceptors (Lipinski definition) is 4. The molecule has 0 bridgehead atoms. The zero-order valence-corrected chi connectivity index (χ0v) is 12.4. The van der Waals surface area contributed by atoms with Crippen LogP contribution in [0.15, 0.2) is 41.4 Å². The van der Waals surface area contributed by atoms with Crippen molar-refractivity contribution < 1.29 is 0 Å². The van der Waals surface area contributed by atoms with Crippen molar-refractivity contribution >= 4 is 15.9 Å². The van der Waals surface area contributed by atoms with Crippen molar-refractivity contribution in [1.82, 2.24) is 15.4 Å². The Morgan fingerprint density at radius 1 is 1.32 bits per heavy atom. The fourth-order valence-electron chi connectivity index (χ4n) is 2.14. The van der Waals surface area contributed by atoms with Crippen LogP contribution >= 0.6 is 15.9 Å². The second-order valence-corrected chi connectivity index (χ2v) is 5.28. The van der Waals surface area contributed by atoms with E-state index < -0.39 is 0 Å². The molecule has 19 heavy (non-hydrogen) atoms. The quantitative estimate of drug-likeness (QED) is 0.656. The van der Waals surface area contributed by atoms with E-state index in [9.17, 15) is 0 Å². The van der Waals surface area contributed by atoms with E-state index >= 15 is 0 Å². The van der Waals surface area contributed by atoms with Gasteiger partial charge < -0.3 is 0 Å². The van der Waals surface area contributed by atoms with E-state index in [-0.39, 0.29) is 6.04 Å². The van der Waals surface area contributed by atoms with E-state index in [1.807, 2.05) is 18.5 Å². The van der Waals surface area contributed by atoms with Gasteiger partial charge in [0.2, 0.25) is 0 Å². The van der Waals surface area contributed by atoms with Gasteiger partial charge in [-0.25, -0.2) is 0 Å². The van der Waals surface area contributed by atoms with Crippen LogP contribution < -0.4 is 11.3 Å². The minimum Gasteiger partial charge on any atom is -0.271 e. The first-order valence-electron chi connectivity index (χ1n) is 6.23. The molecule has 1 atom stereocenters. The van der Waals surface area contributed by atoms with Crippen molar-refractivity contribution in [3.05, 3.63) is 58.1 Å². The van der Waals surface area contributed by atoms with Crippen LogP contribution in [0.1, 0.15) is 29.7 Å². The molecule has 0 fully saturated rings. The van der Waals surface area contributed by atoms with E-state index in [0.717, 1.165) is 22.9 Å². The Kier molecular flexibility index (Phi) is 5.01. The molecule has 0 aliphatic rings. The van der Waals surface area contributed by atoms with Crippen LogP contribution in [0, 0.1) is 0 Å². The standard InChI is InChI=1S/C14H17BrN4/c1-2-11-8-17-4-3-13(11)14(19-16)6-10-5-12(15)9-18-7-10/h3-5,7-9,14,19H,2,6,16H2,1H3. The SMILES string of the molecule is CCc1cnccc1C(Cc1cncc(Br)c1)NN. The molecule has 0 aliphatic heterocycles. The highest BCUT2D eigenvalue weighted by atomic mass is 79.9. The van der Waals surface area contributed by atoms with E-state index in [1.165, 1.54) is 11.1 Å². The van der Waals surface area contributed by atoms with Crippen molar-refractivity contribution in [2.75, 3.05) is 0 Å². The summed E-state index contributed by atoms with van der Waals surface area (Å²) < 4.78 is 0.978. The lowest BCUT2D eigenvalue weighted by atomic mass is 9.96. The fourth-order valence-corrected chi connectivity index (χ4v) is 2.55. The Labute approximate surface area is 121 Å². The summed E-state index contributed by atoms with van der Waals surface area (Å²) in [5, 5.41) is 0. The number of aryl methyl sites for hydroxylation is 1. The summed E-state index contributed by atoms with van der Waals surface area (Å²) >= 11 is 3.43. The van der Waals surface area contributed by atoms with E-state index in [1.54, 1.807) is 12.4 Å². The van der Waals surface area contributed by atoms with Crippen LogP contribution in [0.5, 0.6) is 0 Å². The zero-order valence-electron chi connectivity index (χ0n) is 10.8. The van der Waals surface area contributed by atoms with Gasteiger partial charge in [0.05, 0.1) is 6.04 Å². The van der Waals surface area contributed by atoms with Gasteiger partial charge in [0.25, 0.3) is 0 Å². The number of halogens is 1. The Bertz CT molecular complexity index is 544. The highest BCUT2D eigenvalue weighted by Crippen LogP contribution is 2.22. The van der Waals surface area contributed by atoms with Crippen LogP contribution in [0.4, 0.5) is 0 Å². The molecule has 2 rings (SSSR count). The van der Waals surface area contributed by atoms with Crippen LogP contribution in [-0.2, 0) is 12.8 Å². The van der Waals surface area contributed by atoms with Crippen LogP contribution in [0.3, 0.4) is 0 Å². The van der Waals surface area contributed by atoms with Crippen molar-refractivity contribution in [2.24, 2.45) is 5.84 Å². The molecule has 0 saturated carbocycles. The lowest BCUT2D eigenvalue weighted by Gasteiger charge is -2.19. The van der Waals surface area contributed by atoms with Gasteiger partial charge in [-0.3, -0.25) is 21.2 Å². The number of hydrazine groups is 1. The van der Waals surface area contributed by atoms with Crippen LogP contribution in [-0.4, -0.2) is 9.97 Å². The average Bonchev–Trinajstić information content (AvgIpc) is 2.45. The van der Waals surface area contributed by atoms with Crippen LogP contribution in [0.2, 0.25) is 0 Å². The number of nitrogens with one attached hydrogen (secondary N) is 1. The minimum absolute atomic E-state index is 0.0639. The number of nitrogens with zero attached hydrogens (tertiary/aromatic N) is 2. The van der Waals surface area contributed by atoms with Gasteiger partial charge in [-0.15, -0.1) is 0 Å². The molecule has 5 heteroatoms. The number of hydrogen-bond donors (Lipinski definition) is 2. The molecule has 2 aromatic heterocycles. The molecule has 2 heterocycles. The minimum atomic E-state index is 0.0639. The molecule has 0 saturated heterocycles. The number of nitrogens with two attached hydrogens (primary N) is 1. The maximum Gasteiger partial charge on any atom is 0.0504 e. The summed E-state index contributed by atoms with van der Waals surface area (Å²) in [5.74, 6) is 5.71. The Morgan fingerprint density at radius 3 is 2.84 bits per heavy atom. The lowest BCUT2D eigenvalue weighted by molar-refractivity contribution is 0.546. The molecular weight excluding hydrogens is 304 g/mol. The van der Waals surface area contributed by atoms with Gasteiger partial charge in [-0.1, -0.05) is 6.92 Å². The number of rotatable bonds is 5. The highest BCUT2D eigenvalue weighted by Gasteiger charge is 2.14. The predicted octanol–water partition coefficient (Wildman–Crippen LogP) is 2.55. The molecule has 3 N–H and O–H groups in total. The van der Waals surface area contributed by atoms with Gasteiger partial charge >= 0.3 is 0 Å². The number of pyridine rings is 2. The molecule has 0 spiro atoms. The summed E-state index contributed by atoms with van der Waals surface area (Å²) in [6.07, 6.45) is 9.08. The van der Waals surface area contributed by atoms with Crippen molar-refractivity contribution in [3.63, 3.8) is 0 Å². The topological polar surface area (TPSA) is 63.8 Å². The summed E-state index contributed by atoms with van der Waals surface area (Å²) in [4.78, 5) is 8.35. The zero-order chi connectivity index (χ0) is 13.7. The molecule has 4 nitrogen and oxygen atoms in total. The van der Waals surface area contributed by atoms with Gasteiger partial charge in [-0.05, 0) is 57.6 Å². The molecule has 0 radical (unpaired) electrons. The molecule has 2 aromatic rings. The average molecular weight is 321 g/mol. The second-order valence-electron chi connectivity index (χ2n) is 4.36. The largest absolute Gasteiger partial charge is 0.271 e. The van der Waals surface area contributed by atoms with Gasteiger partial charge in [0.1, 0.15) is 0 Å². The lowest BCUT2D eigenvalue weighted by Crippen LogP contribution is -2.30. The van der Waals surface area contributed by atoms with Gasteiger partial charge in [0, 0.05) is 29.3 Å². The first-order valence-corrected chi connectivity index (χ1v) is 7.02. The third-order valence-corrected chi connectivity index (χ3v) is 3.53. The summed E-state index contributed by atoms with van der Waals surface area (Å²) in [6, 6.07) is 4.15. The first kappa shape index (κ1) is 14.1. The Balaban J connectivity index is 2.25. The smallest absolute Gasteiger partial charge is 0.0504 e. The van der Waals surface area contributed by atoms with Gasteiger partial charge in [0.15, 0.2) is 0 Å². The fraction of sp³-hybridized carbons (Fsp3) is 0.286. The molecule has 0 aromatic carbocycles. The molecular formula is C14H17BrN4. The number of aromatic nitrogens is 2. The van der Waals surface area contributed by atoms with Crippen molar-refractivity contribution in [3.8, 4) is 0 Å². The first-order chi connectivity index (χ1) is 9.24. The van der Waals surface area contributed by atoms with E-state index in [4.69, 9.17) is 5.84 Å². The predicted molar refractivity (Wildman–Crippen MR) is 79.3 cm³/mol. The summed E-state index contributed by atoms with van der Waals surface area (Å²) in [6.45, 7) is 2.12. The van der Waals surface area contributed by atoms with Gasteiger partial charge in [-0.2, -0.15) is 0 Å². The Morgan fingerprint density at radius 2 is 2.16 bits per heavy atom. The molecule has 0 amide bonds. The maximum absolute atomic E-state index is 5.71. The highest BCUT2D eigenvalue weighted by molar-refractivity contribution is 9.10. The molecule has 100 valence electrons. The van der Waals surface area contributed by atoms with Crippen molar-refractivity contribution in [2.45, 2.75) is 25.8 Å². The molecule has 0 aliphatic carbocycles. The van der Waals surface area contributed by atoms with E-state index in [0.29, 0.717) is 0 Å². The molecule has 1 unspecified atom stereocenters. The Hall–Kier alpha value is -1.30. The van der Waals surface area contributed by atoms with Crippen LogP contribution in [0.25, 0.3) is 0 Å². The third-order valence-electron chi connectivity index (χ3n) is 3.10. The summed E-state index contributed by atoms with van der Waals surface area (Å²) in [7, 11) is 0. The summed E-state index contributed by atoms with van der Waals surface area (Å²) in [5.41, 5.74) is 6.44. The van der Waals surface area contributed by atoms with E-state index in [2.05, 4.69) is 44.3 Å². The normalized spacial score (nSPS) is 12.4. The monoisotopic (exact) mass is 320 g/mol. The van der Waals surface area contributed by atoms with Crippen molar-refractivity contribution in [1.29, 1.82) is 0 Å².